The molecule has 4 heterocycles. The van der Waals surface area contributed by atoms with Crippen molar-refractivity contribution in [2.45, 2.75) is 37.6 Å². The number of hydrogen-bond acceptors (Lipinski definition) is 6. The molecule has 8 heteroatoms. The Morgan fingerprint density at radius 2 is 2.11 bits per heavy atom. The number of likely N-dealkylation sites (tertiary alicyclic amines) is 1. The topological polar surface area (TPSA) is 79.3 Å². The van der Waals surface area contributed by atoms with E-state index in [1.54, 1.807) is 0 Å². The number of ether oxygens (including phenoxy) is 1. The van der Waals surface area contributed by atoms with Gasteiger partial charge in [-0.3, -0.25) is 19.4 Å². The van der Waals surface area contributed by atoms with E-state index in [9.17, 15) is 4.79 Å². The third kappa shape index (κ3) is 3.14. The Hall–Kier alpha value is -2.19. The molecule has 0 aromatic carbocycles. The van der Waals surface area contributed by atoms with Gasteiger partial charge in [0.15, 0.2) is 0 Å². The van der Waals surface area contributed by atoms with Crippen LogP contribution in [0.3, 0.4) is 0 Å². The molecule has 2 aromatic rings. The van der Waals surface area contributed by atoms with Gasteiger partial charge < -0.3 is 9.64 Å². The summed E-state index contributed by atoms with van der Waals surface area (Å²) in [7, 11) is 1.96. The van der Waals surface area contributed by atoms with Crippen LogP contribution in [0, 0.1) is 0 Å². The zero-order valence-electron chi connectivity index (χ0n) is 16.5. The summed E-state index contributed by atoms with van der Waals surface area (Å²) in [4.78, 5) is 25.5. The normalized spacial score (nSPS) is 25.4. The molecule has 1 aliphatic carbocycles. The molecule has 0 radical (unpaired) electrons. The van der Waals surface area contributed by atoms with E-state index in [4.69, 9.17) is 9.72 Å². The molecule has 1 N–H and O–H groups in total. The first-order valence-corrected chi connectivity index (χ1v) is 10.3. The number of H-pyrrole nitrogens is 1. The molecule has 2 aliphatic heterocycles. The Morgan fingerprint density at radius 1 is 1.25 bits per heavy atom. The fraction of sp³-hybridized carbons (Fsp3) is 0.650. The lowest BCUT2D eigenvalue weighted by Gasteiger charge is -2.40. The molecule has 1 spiro atoms. The highest BCUT2D eigenvalue weighted by atomic mass is 16.5. The zero-order chi connectivity index (χ0) is 19.1. The van der Waals surface area contributed by atoms with Crippen molar-refractivity contribution in [3.8, 4) is 0 Å². The van der Waals surface area contributed by atoms with Gasteiger partial charge in [0, 0.05) is 56.0 Å². The highest BCUT2D eigenvalue weighted by Gasteiger charge is 2.45. The predicted octanol–water partition coefficient (Wildman–Crippen LogP) is 0.820. The van der Waals surface area contributed by atoms with Crippen molar-refractivity contribution in [2.24, 2.45) is 7.05 Å². The van der Waals surface area contributed by atoms with E-state index in [1.807, 2.05) is 17.9 Å². The summed E-state index contributed by atoms with van der Waals surface area (Å²) >= 11 is 0. The van der Waals surface area contributed by atoms with Crippen LogP contribution in [0.15, 0.2) is 17.2 Å². The van der Waals surface area contributed by atoms with Gasteiger partial charge in [-0.2, -0.15) is 5.10 Å². The maximum atomic E-state index is 12.8. The largest absolute Gasteiger partial charge is 0.378 e. The SMILES string of the molecule is Cn1cc(CN2CCCC3(CCc4c3nc(N3CCOCC3)[nH]c4=O)C2)cn1. The zero-order valence-corrected chi connectivity index (χ0v) is 16.5. The van der Waals surface area contributed by atoms with Crippen LogP contribution in [0.2, 0.25) is 0 Å². The summed E-state index contributed by atoms with van der Waals surface area (Å²) < 4.78 is 7.31. The number of aromatic amines is 1. The minimum absolute atomic E-state index is 0.00505. The monoisotopic (exact) mass is 384 g/mol. The lowest BCUT2D eigenvalue weighted by molar-refractivity contribution is 0.121. The van der Waals surface area contributed by atoms with E-state index < -0.39 is 0 Å². The lowest BCUT2D eigenvalue weighted by Crippen LogP contribution is -2.45. The number of fused-ring (bicyclic) bond motifs is 2. The number of hydrogen-bond donors (Lipinski definition) is 1. The van der Waals surface area contributed by atoms with Gasteiger partial charge in [0.25, 0.3) is 5.56 Å². The maximum Gasteiger partial charge on any atom is 0.255 e. The molecule has 5 rings (SSSR count). The second-order valence-corrected chi connectivity index (χ2v) is 8.43. The molecule has 2 fully saturated rings. The lowest BCUT2D eigenvalue weighted by atomic mass is 9.77. The second kappa shape index (κ2) is 7.00. The third-order valence-electron chi connectivity index (χ3n) is 6.49. The van der Waals surface area contributed by atoms with Crippen LogP contribution in [0.25, 0.3) is 0 Å². The van der Waals surface area contributed by atoms with Crippen LogP contribution in [0.4, 0.5) is 5.95 Å². The molecule has 0 bridgehead atoms. The Bertz CT molecular complexity index is 916. The van der Waals surface area contributed by atoms with Gasteiger partial charge in [0.2, 0.25) is 5.95 Å². The number of nitrogens with zero attached hydrogens (tertiary/aromatic N) is 5. The van der Waals surface area contributed by atoms with E-state index in [2.05, 4.69) is 26.1 Å². The smallest absolute Gasteiger partial charge is 0.255 e. The molecule has 150 valence electrons. The van der Waals surface area contributed by atoms with Crippen LogP contribution in [-0.4, -0.2) is 64.0 Å². The first-order valence-electron chi connectivity index (χ1n) is 10.3. The van der Waals surface area contributed by atoms with Crippen molar-refractivity contribution < 1.29 is 4.74 Å². The van der Waals surface area contributed by atoms with Gasteiger partial charge in [-0.25, -0.2) is 4.98 Å². The molecule has 1 atom stereocenters. The number of piperidine rings is 1. The molecule has 1 unspecified atom stereocenters. The average Bonchev–Trinajstić information content (AvgIpc) is 3.27. The second-order valence-electron chi connectivity index (χ2n) is 8.43. The predicted molar refractivity (Wildman–Crippen MR) is 106 cm³/mol. The molecule has 2 aromatic heterocycles. The van der Waals surface area contributed by atoms with Crippen molar-refractivity contribution >= 4 is 5.95 Å². The van der Waals surface area contributed by atoms with Gasteiger partial charge >= 0.3 is 0 Å². The first-order chi connectivity index (χ1) is 13.6. The quantitative estimate of drug-likeness (QED) is 0.844. The number of aromatic nitrogens is 4. The maximum absolute atomic E-state index is 12.8. The molecular weight excluding hydrogens is 356 g/mol. The number of nitrogens with one attached hydrogen (secondary N) is 1. The Balaban J connectivity index is 1.43. The van der Waals surface area contributed by atoms with E-state index in [1.165, 1.54) is 5.56 Å². The van der Waals surface area contributed by atoms with Crippen molar-refractivity contribution in [1.29, 1.82) is 0 Å². The van der Waals surface area contributed by atoms with Crippen LogP contribution >= 0.6 is 0 Å². The molecular formula is C20H28N6O2. The molecule has 0 saturated carbocycles. The first kappa shape index (κ1) is 17.9. The minimum Gasteiger partial charge on any atom is -0.378 e. The van der Waals surface area contributed by atoms with Crippen LogP contribution in [-0.2, 0) is 30.2 Å². The Morgan fingerprint density at radius 3 is 2.89 bits per heavy atom. The Kier molecular flexibility index (Phi) is 4.47. The van der Waals surface area contributed by atoms with E-state index in [-0.39, 0.29) is 11.0 Å². The van der Waals surface area contributed by atoms with Gasteiger partial charge in [0.05, 0.1) is 25.1 Å². The van der Waals surface area contributed by atoms with Crippen molar-refractivity contribution in [1.82, 2.24) is 24.6 Å². The number of rotatable bonds is 3. The molecule has 0 amide bonds. The fourth-order valence-electron chi connectivity index (χ4n) is 5.14. The van der Waals surface area contributed by atoms with Crippen molar-refractivity contribution in [3.63, 3.8) is 0 Å². The number of morpholine rings is 1. The van der Waals surface area contributed by atoms with Gasteiger partial charge in [-0.1, -0.05) is 0 Å². The van der Waals surface area contributed by atoms with Gasteiger partial charge in [-0.15, -0.1) is 0 Å². The van der Waals surface area contributed by atoms with E-state index in [0.29, 0.717) is 13.2 Å². The van der Waals surface area contributed by atoms with Gasteiger partial charge in [-0.05, 0) is 32.2 Å². The number of anilines is 1. The standard InChI is InChI=1S/C20H28N6O2/c1-24-12-15(11-21-24)13-25-6-2-4-20(14-25)5-3-16-17(20)22-19(23-18(16)27)26-7-9-28-10-8-26/h11-12H,2-10,13-14H2,1H3,(H,22,23,27). The summed E-state index contributed by atoms with van der Waals surface area (Å²) in [5.41, 5.74) is 3.25. The molecule has 8 nitrogen and oxygen atoms in total. The highest BCUT2D eigenvalue weighted by molar-refractivity contribution is 5.40. The average molecular weight is 384 g/mol. The summed E-state index contributed by atoms with van der Waals surface area (Å²) in [6.45, 7) is 5.89. The highest BCUT2D eigenvalue weighted by Crippen LogP contribution is 2.43. The third-order valence-corrected chi connectivity index (χ3v) is 6.49. The van der Waals surface area contributed by atoms with Crippen LogP contribution in [0.5, 0.6) is 0 Å². The summed E-state index contributed by atoms with van der Waals surface area (Å²) in [6.07, 6.45) is 8.15. The Labute approximate surface area is 164 Å². The van der Waals surface area contributed by atoms with Crippen LogP contribution < -0.4 is 10.5 Å². The number of aryl methyl sites for hydroxylation is 1. The van der Waals surface area contributed by atoms with Gasteiger partial charge in [0.1, 0.15) is 0 Å². The summed E-state index contributed by atoms with van der Waals surface area (Å²) in [6, 6.07) is 0. The fourth-order valence-corrected chi connectivity index (χ4v) is 5.14. The van der Waals surface area contributed by atoms with E-state index >= 15 is 0 Å². The molecule has 28 heavy (non-hydrogen) atoms. The molecule has 3 aliphatic rings. The van der Waals surface area contributed by atoms with E-state index in [0.717, 1.165) is 75.6 Å². The van der Waals surface area contributed by atoms with Crippen LogP contribution in [0.1, 0.15) is 36.1 Å². The molecule has 2 saturated heterocycles. The summed E-state index contributed by atoms with van der Waals surface area (Å²) in [5.74, 6) is 0.720. The summed E-state index contributed by atoms with van der Waals surface area (Å²) in [5, 5.41) is 4.30. The van der Waals surface area contributed by atoms with Crippen molar-refractivity contribution in [2.75, 3.05) is 44.3 Å². The minimum atomic E-state index is 0.00505. The van der Waals surface area contributed by atoms with Crippen molar-refractivity contribution in [3.05, 3.63) is 39.6 Å².